The highest BCUT2D eigenvalue weighted by atomic mass is 19.1. The minimum Gasteiger partial charge on any atom is -0.339 e. The summed E-state index contributed by atoms with van der Waals surface area (Å²) < 4.78 is 18.2. The summed E-state index contributed by atoms with van der Waals surface area (Å²) in [5.74, 6) is 0.655. The number of benzene rings is 1. The van der Waals surface area contributed by atoms with Crippen molar-refractivity contribution < 1.29 is 8.91 Å². The van der Waals surface area contributed by atoms with Crippen LogP contribution in [0.1, 0.15) is 44.1 Å². The van der Waals surface area contributed by atoms with Crippen LogP contribution in [0.5, 0.6) is 0 Å². The Morgan fingerprint density at radius 1 is 1.37 bits per heavy atom. The molecule has 102 valence electrons. The molecule has 0 bridgehead atoms. The van der Waals surface area contributed by atoms with Gasteiger partial charge in [-0.2, -0.15) is 4.98 Å². The van der Waals surface area contributed by atoms with E-state index in [1.807, 2.05) is 26.8 Å². The highest BCUT2D eigenvalue weighted by Crippen LogP contribution is 2.28. The fraction of sp³-hybridized carbons (Fsp3) is 0.429. The van der Waals surface area contributed by atoms with E-state index in [1.165, 1.54) is 12.1 Å². The zero-order valence-electron chi connectivity index (χ0n) is 11.4. The van der Waals surface area contributed by atoms with Crippen molar-refractivity contribution in [2.24, 2.45) is 11.1 Å². The van der Waals surface area contributed by atoms with Crippen LogP contribution in [-0.2, 0) is 6.42 Å². The minimum absolute atomic E-state index is 0.139. The highest BCUT2D eigenvalue weighted by Gasteiger charge is 2.26. The molecule has 0 saturated carbocycles. The molecule has 0 aliphatic rings. The van der Waals surface area contributed by atoms with Gasteiger partial charge in [-0.25, -0.2) is 4.39 Å². The number of nitrogens with two attached hydrogens (primary N) is 1. The van der Waals surface area contributed by atoms with Gasteiger partial charge < -0.3 is 10.3 Å². The van der Waals surface area contributed by atoms with E-state index in [9.17, 15) is 4.39 Å². The Balaban J connectivity index is 2.14. The number of hydrogen-bond acceptors (Lipinski definition) is 4. The molecule has 2 aromatic rings. The second kappa shape index (κ2) is 5.09. The van der Waals surface area contributed by atoms with Gasteiger partial charge in [0.1, 0.15) is 5.82 Å². The quantitative estimate of drug-likeness (QED) is 0.924. The molecule has 0 amide bonds. The molecule has 4 nitrogen and oxygen atoms in total. The SMILES string of the molecule is CC(C)(C)C(N)c1noc(Cc2cccc(F)c2)n1. The monoisotopic (exact) mass is 263 g/mol. The number of aromatic nitrogens is 2. The van der Waals surface area contributed by atoms with Crippen molar-refractivity contribution in [2.75, 3.05) is 0 Å². The first-order valence-corrected chi connectivity index (χ1v) is 6.19. The number of halogens is 1. The Labute approximate surface area is 111 Å². The molecule has 1 unspecified atom stereocenters. The molecule has 1 heterocycles. The summed E-state index contributed by atoms with van der Waals surface area (Å²) in [4.78, 5) is 4.28. The Hall–Kier alpha value is -1.75. The Bertz CT molecular complexity index is 560. The summed E-state index contributed by atoms with van der Waals surface area (Å²) in [5, 5.41) is 3.90. The maximum atomic E-state index is 13.1. The van der Waals surface area contributed by atoms with Crippen LogP contribution in [0.3, 0.4) is 0 Å². The summed E-state index contributed by atoms with van der Waals surface area (Å²) >= 11 is 0. The first-order chi connectivity index (χ1) is 8.86. The summed E-state index contributed by atoms with van der Waals surface area (Å²) in [6.07, 6.45) is 0.404. The number of rotatable bonds is 3. The van der Waals surface area contributed by atoms with Crippen LogP contribution < -0.4 is 5.73 Å². The minimum atomic E-state index is -0.294. The van der Waals surface area contributed by atoms with Crippen molar-refractivity contribution in [2.45, 2.75) is 33.2 Å². The molecule has 0 aliphatic heterocycles. The van der Waals surface area contributed by atoms with Gasteiger partial charge in [0.2, 0.25) is 5.89 Å². The fourth-order valence-electron chi connectivity index (χ4n) is 1.68. The standard InChI is InChI=1S/C14H18FN3O/c1-14(2,3)12(16)13-17-11(19-18-13)8-9-5-4-6-10(15)7-9/h4-7,12H,8,16H2,1-3H3. The van der Waals surface area contributed by atoms with Crippen molar-refractivity contribution in [1.29, 1.82) is 0 Å². The van der Waals surface area contributed by atoms with Gasteiger partial charge in [-0.15, -0.1) is 0 Å². The normalized spacial score (nSPS) is 13.5. The molecule has 1 aromatic carbocycles. The zero-order chi connectivity index (χ0) is 14.0. The van der Waals surface area contributed by atoms with E-state index in [0.29, 0.717) is 18.1 Å². The Kier molecular flexibility index (Phi) is 3.66. The fourth-order valence-corrected chi connectivity index (χ4v) is 1.68. The summed E-state index contributed by atoms with van der Waals surface area (Å²) in [7, 11) is 0. The number of hydrogen-bond donors (Lipinski definition) is 1. The van der Waals surface area contributed by atoms with Crippen LogP contribution >= 0.6 is 0 Å². The molecular formula is C14H18FN3O. The predicted molar refractivity (Wildman–Crippen MR) is 69.9 cm³/mol. The lowest BCUT2D eigenvalue weighted by atomic mass is 9.87. The molecule has 5 heteroatoms. The van der Waals surface area contributed by atoms with E-state index in [0.717, 1.165) is 5.56 Å². The maximum absolute atomic E-state index is 13.1. The lowest BCUT2D eigenvalue weighted by Crippen LogP contribution is -2.27. The van der Waals surface area contributed by atoms with Crippen LogP contribution in [0.4, 0.5) is 4.39 Å². The number of nitrogens with zero attached hydrogens (tertiary/aromatic N) is 2. The average Bonchev–Trinajstić information content (AvgIpc) is 2.75. The molecule has 2 N–H and O–H groups in total. The molecule has 19 heavy (non-hydrogen) atoms. The van der Waals surface area contributed by atoms with Crippen LogP contribution in [0.15, 0.2) is 28.8 Å². The predicted octanol–water partition coefficient (Wildman–Crippen LogP) is 2.85. The lowest BCUT2D eigenvalue weighted by Gasteiger charge is -2.23. The summed E-state index contributed by atoms with van der Waals surface area (Å²) in [5.41, 5.74) is 6.71. The van der Waals surface area contributed by atoms with Crippen molar-refractivity contribution in [1.82, 2.24) is 10.1 Å². The third-order valence-corrected chi connectivity index (χ3v) is 2.94. The van der Waals surface area contributed by atoms with E-state index in [-0.39, 0.29) is 17.3 Å². The van der Waals surface area contributed by atoms with E-state index in [2.05, 4.69) is 10.1 Å². The van der Waals surface area contributed by atoms with Gasteiger partial charge in [-0.3, -0.25) is 0 Å². The Morgan fingerprint density at radius 2 is 2.11 bits per heavy atom. The zero-order valence-corrected chi connectivity index (χ0v) is 11.4. The molecule has 0 saturated heterocycles. The van der Waals surface area contributed by atoms with Crippen molar-refractivity contribution in [3.8, 4) is 0 Å². The molecule has 1 atom stereocenters. The topological polar surface area (TPSA) is 64.9 Å². The van der Waals surface area contributed by atoms with Crippen LogP contribution in [0, 0.1) is 11.2 Å². The third kappa shape index (κ3) is 3.38. The van der Waals surface area contributed by atoms with E-state index in [1.54, 1.807) is 6.07 Å². The average molecular weight is 263 g/mol. The van der Waals surface area contributed by atoms with Crippen LogP contribution in [-0.4, -0.2) is 10.1 Å². The lowest BCUT2D eigenvalue weighted by molar-refractivity contribution is 0.301. The first-order valence-electron chi connectivity index (χ1n) is 6.19. The summed E-state index contributed by atoms with van der Waals surface area (Å²) in [6.45, 7) is 6.04. The molecule has 2 rings (SSSR count). The smallest absolute Gasteiger partial charge is 0.231 e. The van der Waals surface area contributed by atoms with E-state index in [4.69, 9.17) is 10.3 Å². The molecule has 0 radical (unpaired) electrons. The van der Waals surface area contributed by atoms with E-state index >= 15 is 0 Å². The van der Waals surface area contributed by atoms with Gasteiger partial charge in [0, 0.05) is 0 Å². The van der Waals surface area contributed by atoms with Crippen LogP contribution in [0.25, 0.3) is 0 Å². The van der Waals surface area contributed by atoms with Crippen LogP contribution in [0.2, 0.25) is 0 Å². The molecule has 0 fully saturated rings. The highest BCUT2D eigenvalue weighted by molar-refractivity contribution is 5.19. The Morgan fingerprint density at radius 3 is 2.74 bits per heavy atom. The van der Waals surface area contributed by atoms with Crippen molar-refractivity contribution in [3.05, 3.63) is 47.4 Å². The molecule has 0 spiro atoms. The van der Waals surface area contributed by atoms with Gasteiger partial charge in [-0.1, -0.05) is 38.1 Å². The van der Waals surface area contributed by atoms with Gasteiger partial charge >= 0.3 is 0 Å². The van der Waals surface area contributed by atoms with Crippen molar-refractivity contribution in [3.63, 3.8) is 0 Å². The second-order valence-corrected chi connectivity index (χ2v) is 5.70. The maximum Gasteiger partial charge on any atom is 0.231 e. The largest absolute Gasteiger partial charge is 0.339 e. The molecular weight excluding hydrogens is 245 g/mol. The first kappa shape index (κ1) is 13.7. The van der Waals surface area contributed by atoms with Gasteiger partial charge in [-0.05, 0) is 23.1 Å². The van der Waals surface area contributed by atoms with Gasteiger partial charge in [0.15, 0.2) is 5.82 Å². The van der Waals surface area contributed by atoms with E-state index < -0.39 is 0 Å². The molecule has 1 aromatic heterocycles. The molecule has 0 aliphatic carbocycles. The second-order valence-electron chi connectivity index (χ2n) is 5.70. The third-order valence-electron chi connectivity index (χ3n) is 2.94. The van der Waals surface area contributed by atoms with Gasteiger partial charge in [0.05, 0.1) is 12.5 Å². The summed E-state index contributed by atoms with van der Waals surface area (Å²) in [6, 6.07) is 6.03. The van der Waals surface area contributed by atoms with Gasteiger partial charge in [0.25, 0.3) is 0 Å². The van der Waals surface area contributed by atoms with Crippen molar-refractivity contribution >= 4 is 0 Å².